The highest BCUT2D eigenvalue weighted by Gasteiger charge is 2.55. The Balaban J connectivity index is 1.62. The molecule has 0 amide bonds. The largest absolute Gasteiger partial charge is 0.417 e. The fraction of sp³-hybridized carbons (Fsp3) is 0.688. The van der Waals surface area contributed by atoms with Crippen molar-refractivity contribution in [2.45, 2.75) is 56.0 Å². The van der Waals surface area contributed by atoms with Crippen LogP contribution in [0.25, 0.3) is 0 Å². The first-order valence-corrected chi connectivity index (χ1v) is 8.22. The molecule has 0 radical (unpaired) electrons. The highest BCUT2D eigenvalue weighted by atomic mass is 19.4. The molecule has 0 saturated carbocycles. The molecule has 4 unspecified atom stereocenters. The van der Waals surface area contributed by atoms with Crippen LogP contribution in [0, 0.1) is 0 Å². The molecule has 1 aromatic heterocycles. The molecule has 3 aliphatic rings. The van der Waals surface area contributed by atoms with E-state index in [0.29, 0.717) is 30.0 Å². The lowest BCUT2D eigenvalue weighted by Crippen LogP contribution is -2.62. The van der Waals surface area contributed by atoms with Crippen molar-refractivity contribution in [1.29, 1.82) is 0 Å². The lowest BCUT2D eigenvalue weighted by Gasteiger charge is -2.47. The normalized spacial score (nSPS) is 33.5. The molecule has 7 heteroatoms. The zero-order valence-electron chi connectivity index (χ0n) is 13.1. The minimum Gasteiger partial charge on any atom is -0.347 e. The van der Waals surface area contributed by atoms with Gasteiger partial charge >= 0.3 is 6.18 Å². The number of hydrogen-bond acceptors (Lipinski definition) is 4. The minimum atomic E-state index is -4.32. The van der Waals surface area contributed by atoms with E-state index in [9.17, 15) is 13.2 Å². The van der Waals surface area contributed by atoms with Crippen molar-refractivity contribution in [2.24, 2.45) is 0 Å². The van der Waals surface area contributed by atoms with E-state index in [1.54, 1.807) is 6.07 Å². The molecule has 4 rings (SSSR count). The Morgan fingerprint density at radius 3 is 2.17 bits per heavy atom. The summed E-state index contributed by atoms with van der Waals surface area (Å²) in [5.74, 6) is 0.700. The predicted molar refractivity (Wildman–Crippen MR) is 81.1 cm³/mol. The van der Waals surface area contributed by atoms with Crippen molar-refractivity contribution in [2.75, 3.05) is 18.6 Å². The van der Waals surface area contributed by atoms with Gasteiger partial charge in [-0.3, -0.25) is 4.90 Å². The van der Waals surface area contributed by atoms with Crippen LogP contribution in [0.4, 0.5) is 19.0 Å². The minimum absolute atomic E-state index is 0.372. The number of pyridine rings is 1. The van der Waals surface area contributed by atoms with Gasteiger partial charge in [0.25, 0.3) is 0 Å². The molecule has 23 heavy (non-hydrogen) atoms. The molecule has 0 aromatic carbocycles. The van der Waals surface area contributed by atoms with E-state index >= 15 is 0 Å². The zero-order chi connectivity index (χ0) is 16.2. The Labute approximate surface area is 133 Å². The number of piperazine rings is 1. The molecular weight excluding hydrogens is 305 g/mol. The van der Waals surface area contributed by atoms with Gasteiger partial charge in [0.15, 0.2) is 0 Å². The fourth-order valence-electron chi connectivity index (χ4n) is 4.83. The first-order chi connectivity index (χ1) is 11.0. The van der Waals surface area contributed by atoms with Crippen molar-refractivity contribution in [3.8, 4) is 0 Å². The zero-order valence-corrected chi connectivity index (χ0v) is 13.1. The second kappa shape index (κ2) is 5.34. The second-order valence-corrected chi connectivity index (χ2v) is 6.76. The Bertz CT molecular complexity index is 554. The lowest BCUT2D eigenvalue weighted by molar-refractivity contribution is -0.137. The van der Waals surface area contributed by atoms with Crippen molar-refractivity contribution in [1.82, 2.24) is 15.2 Å². The number of hydrogen-bond donors (Lipinski definition) is 1. The quantitative estimate of drug-likeness (QED) is 0.925. The average molecular weight is 326 g/mol. The third kappa shape index (κ3) is 2.32. The van der Waals surface area contributed by atoms with Crippen LogP contribution >= 0.6 is 0 Å². The molecule has 4 bridgehead atoms. The summed E-state index contributed by atoms with van der Waals surface area (Å²) >= 11 is 0. The van der Waals surface area contributed by atoms with Gasteiger partial charge in [-0.2, -0.15) is 13.2 Å². The van der Waals surface area contributed by atoms with E-state index in [4.69, 9.17) is 0 Å². The average Bonchev–Trinajstić information content (AvgIpc) is 3.01. The van der Waals surface area contributed by atoms with Crippen molar-refractivity contribution < 1.29 is 13.2 Å². The molecule has 4 heterocycles. The third-order valence-corrected chi connectivity index (χ3v) is 5.65. The molecule has 4 nitrogen and oxygen atoms in total. The van der Waals surface area contributed by atoms with E-state index < -0.39 is 11.7 Å². The maximum Gasteiger partial charge on any atom is 0.417 e. The summed E-state index contributed by atoms with van der Waals surface area (Å²) in [6, 6.07) is 4.41. The van der Waals surface area contributed by atoms with E-state index in [0.717, 1.165) is 31.8 Å². The summed E-state index contributed by atoms with van der Waals surface area (Å²) in [7, 11) is 1.96. The molecule has 1 aromatic rings. The van der Waals surface area contributed by atoms with Crippen LogP contribution in [0.15, 0.2) is 18.3 Å². The maximum absolute atomic E-state index is 12.7. The van der Waals surface area contributed by atoms with Crippen molar-refractivity contribution in [3.63, 3.8) is 0 Å². The maximum atomic E-state index is 12.7. The molecule has 0 aliphatic carbocycles. The number of nitrogens with zero attached hydrogens (tertiary/aromatic N) is 3. The van der Waals surface area contributed by atoms with Gasteiger partial charge < -0.3 is 10.2 Å². The summed E-state index contributed by atoms with van der Waals surface area (Å²) in [5.41, 5.74) is -0.676. The van der Waals surface area contributed by atoms with Gasteiger partial charge in [0.1, 0.15) is 5.82 Å². The Kier molecular flexibility index (Phi) is 3.53. The van der Waals surface area contributed by atoms with Crippen LogP contribution in [0.5, 0.6) is 0 Å². The number of rotatable bonds is 3. The van der Waals surface area contributed by atoms with E-state index in [1.807, 2.05) is 7.05 Å². The van der Waals surface area contributed by atoms with Gasteiger partial charge in [-0.05, 0) is 44.9 Å². The number of halogens is 3. The Morgan fingerprint density at radius 1 is 1.09 bits per heavy atom. The molecule has 3 aliphatic heterocycles. The first kappa shape index (κ1) is 15.2. The van der Waals surface area contributed by atoms with Crippen LogP contribution in [-0.2, 0) is 6.18 Å². The fourth-order valence-corrected chi connectivity index (χ4v) is 4.83. The SMILES string of the molecule is CNCN1C2CCC1C1CCC2N1c1ccc(C(F)(F)F)cn1. The lowest BCUT2D eigenvalue weighted by atomic mass is 10.0. The molecule has 0 spiro atoms. The number of fused-ring (bicyclic) bond motifs is 6. The van der Waals surface area contributed by atoms with Crippen molar-refractivity contribution >= 4 is 5.82 Å². The molecule has 126 valence electrons. The number of alkyl halides is 3. The standard InChI is InChI=1S/C16H21F3N4/c1-20-9-22-11-3-4-12(22)14-6-5-13(11)23(14)15-7-2-10(8-21-15)16(17,18)19/h2,7-8,11-14,20H,3-6,9H2,1H3. The van der Waals surface area contributed by atoms with Gasteiger partial charge in [0, 0.05) is 37.0 Å². The van der Waals surface area contributed by atoms with Crippen LogP contribution in [0.3, 0.4) is 0 Å². The topological polar surface area (TPSA) is 31.4 Å². The van der Waals surface area contributed by atoms with Gasteiger partial charge in [0.2, 0.25) is 0 Å². The van der Waals surface area contributed by atoms with Gasteiger partial charge in [0.05, 0.1) is 5.56 Å². The summed E-state index contributed by atoms with van der Waals surface area (Å²) in [6.45, 7) is 0.886. The Hall–Kier alpha value is -1.34. The summed E-state index contributed by atoms with van der Waals surface area (Å²) in [4.78, 5) is 8.99. The molecular formula is C16H21F3N4. The molecule has 3 saturated heterocycles. The molecule has 3 fully saturated rings. The van der Waals surface area contributed by atoms with E-state index in [-0.39, 0.29) is 0 Å². The van der Waals surface area contributed by atoms with Gasteiger partial charge in [-0.1, -0.05) is 0 Å². The van der Waals surface area contributed by atoms with E-state index in [2.05, 4.69) is 20.1 Å². The first-order valence-electron chi connectivity index (χ1n) is 8.22. The highest BCUT2D eigenvalue weighted by molar-refractivity contribution is 5.47. The van der Waals surface area contributed by atoms with Crippen LogP contribution in [-0.4, -0.2) is 47.8 Å². The van der Waals surface area contributed by atoms with Gasteiger partial charge in [-0.25, -0.2) is 4.98 Å². The highest BCUT2D eigenvalue weighted by Crippen LogP contribution is 2.47. The van der Waals surface area contributed by atoms with Crippen LogP contribution in [0.1, 0.15) is 31.2 Å². The van der Waals surface area contributed by atoms with E-state index in [1.165, 1.54) is 12.8 Å². The smallest absolute Gasteiger partial charge is 0.347 e. The second-order valence-electron chi connectivity index (χ2n) is 6.76. The monoisotopic (exact) mass is 326 g/mol. The van der Waals surface area contributed by atoms with Gasteiger partial charge in [-0.15, -0.1) is 0 Å². The third-order valence-electron chi connectivity index (χ3n) is 5.65. The number of aromatic nitrogens is 1. The summed E-state index contributed by atoms with van der Waals surface area (Å²) < 4.78 is 38.2. The number of nitrogens with one attached hydrogen (secondary N) is 1. The van der Waals surface area contributed by atoms with Crippen molar-refractivity contribution in [3.05, 3.63) is 23.9 Å². The Morgan fingerprint density at radius 2 is 1.70 bits per heavy atom. The summed E-state index contributed by atoms with van der Waals surface area (Å²) in [5, 5.41) is 3.25. The predicted octanol–water partition coefficient (Wildman–Crippen LogP) is 2.46. The summed E-state index contributed by atoms with van der Waals surface area (Å²) in [6.07, 6.45) is 1.20. The number of anilines is 1. The van der Waals surface area contributed by atoms with Crippen LogP contribution in [0.2, 0.25) is 0 Å². The van der Waals surface area contributed by atoms with Crippen LogP contribution < -0.4 is 10.2 Å². The molecule has 4 atom stereocenters. The molecule has 1 N–H and O–H groups in total.